The third-order valence-electron chi connectivity index (χ3n) is 3.14. The van der Waals surface area contributed by atoms with Gasteiger partial charge in [-0.25, -0.2) is 4.98 Å². The molecule has 0 saturated carbocycles. The first-order valence-electron chi connectivity index (χ1n) is 6.35. The molecule has 3 nitrogen and oxygen atoms in total. The van der Waals surface area contributed by atoms with Crippen molar-refractivity contribution in [2.24, 2.45) is 0 Å². The molecule has 20 heavy (non-hydrogen) atoms. The molecule has 0 aliphatic rings. The van der Waals surface area contributed by atoms with Crippen LogP contribution in [0.5, 0.6) is 0 Å². The number of imidazole rings is 1. The van der Waals surface area contributed by atoms with Crippen molar-refractivity contribution >= 4 is 38.6 Å². The minimum absolute atomic E-state index is 0.148. The standard InChI is InChI=1S/C15H13BrClN3/c1-10(17)15-19-13-8-11(16)5-6-14(13)20(15)9-12-4-2-3-7-18-12/h2-8,10H,9H2,1H3. The van der Waals surface area contributed by atoms with E-state index in [2.05, 4.69) is 36.5 Å². The lowest BCUT2D eigenvalue weighted by atomic mass is 10.3. The van der Waals surface area contributed by atoms with Crippen LogP contribution in [0.15, 0.2) is 47.1 Å². The second kappa shape index (κ2) is 5.54. The number of fused-ring (bicyclic) bond motifs is 1. The van der Waals surface area contributed by atoms with Crippen LogP contribution in [0.4, 0.5) is 0 Å². The van der Waals surface area contributed by atoms with Gasteiger partial charge in [-0.2, -0.15) is 0 Å². The average molecular weight is 351 g/mol. The summed E-state index contributed by atoms with van der Waals surface area (Å²) in [6.45, 7) is 2.61. The molecule has 1 unspecified atom stereocenters. The normalized spacial score (nSPS) is 12.8. The van der Waals surface area contributed by atoms with Crippen molar-refractivity contribution in [2.45, 2.75) is 18.8 Å². The van der Waals surface area contributed by atoms with Crippen LogP contribution in [0.3, 0.4) is 0 Å². The van der Waals surface area contributed by atoms with Gasteiger partial charge in [0.25, 0.3) is 0 Å². The van der Waals surface area contributed by atoms with Crippen LogP contribution < -0.4 is 0 Å². The van der Waals surface area contributed by atoms with Crippen molar-refractivity contribution in [1.29, 1.82) is 0 Å². The minimum Gasteiger partial charge on any atom is -0.321 e. The van der Waals surface area contributed by atoms with Crippen molar-refractivity contribution in [1.82, 2.24) is 14.5 Å². The predicted molar refractivity (Wildman–Crippen MR) is 85.0 cm³/mol. The Labute approximate surface area is 130 Å². The van der Waals surface area contributed by atoms with E-state index in [4.69, 9.17) is 11.6 Å². The number of halogens is 2. The summed E-state index contributed by atoms with van der Waals surface area (Å²) >= 11 is 9.75. The van der Waals surface area contributed by atoms with Crippen molar-refractivity contribution in [3.8, 4) is 0 Å². The van der Waals surface area contributed by atoms with E-state index in [1.165, 1.54) is 0 Å². The first-order valence-corrected chi connectivity index (χ1v) is 7.58. The smallest absolute Gasteiger partial charge is 0.128 e. The number of rotatable bonds is 3. The molecule has 1 atom stereocenters. The molecule has 3 aromatic rings. The summed E-state index contributed by atoms with van der Waals surface area (Å²) in [5, 5.41) is -0.148. The van der Waals surface area contributed by atoms with Gasteiger partial charge in [-0.15, -0.1) is 11.6 Å². The molecule has 0 radical (unpaired) electrons. The fraction of sp³-hybridized carbons (Fsp3) is 0.200. The summed E-state index contributed by atoms with van der Waals surface area (Å²) in [5.74, 6) is 0.866. The Morgan fingerprint density at radius 3 is 2.85 bits per heavy atom. The molecular weight excluding hydrogens is 338 g/mol. The highest BCUT2D eigenvalue weighted by molar-refractivity contribution is 9.10. The lowest BCUT2D eigenvalue weighted by Crippen LogP contribution is -2.06. The van der Waals surface area contributed by atoms with E-state index in [1.54, 1.807) is 6.20 Å². The third-order valence-corrected chi connectivity index (χ3v) is 3.83. The highest BCUT2D eigenvalue weighted by Crippen LogP contribution is 2.27. The lowest BCUT2D eigenvalue weighted by molar-refractivity contribution is 0.727. The number of aromatic nitrogens is 3. The summed E-state index contributed by atoms with van der Waals surface area (Å²) in [6, 6.07) is 12.0. The van der Waals surface area contributed by atoms with E-state index in [0.29, 0.717) is 6.54 Å². The summed E-state index contributed by atoms with van der Waals surface area (Å²) in [6.07, 6.45) is 1.80. The Kier molecular flexibility index (Phi) is 3.76. The number of pyridine rings is 1. The van der Waals surface area contributed by atoms with Crippen LogP contribution in [0.25, 0.3) is 11.0 Å². The largest absolute Gasteiger partial charge is 0.321 e. The molecule has 0 spiro atoms. The SMILES string of the molecule is CC(Cl)c1nc2cc(Br)ccc2n1Cc1ccccn1. The zero-order valence-electron chi connectivity index (χ0n) is 10.9. The van der Waals surface area contributed by atoms with Crippen molar-refractivity contribution in [3.63, 3.8) is 0 Å². The van der Waals surface area contributed by atoms with Gasteiger partial charge in [0.2, 0.25) is 0 Å². The number of nitrogens with zero attached hydrogens (tertiary/aromatic N) is 3. The fourth-order valence-electron chi connectivity index (χ4n) is 2.25. The molecule has 3 rings (SSSR count). The number of alkyl halides is 1. The molecule has 0 N–H and O–H groups in total. The van der Waals surface area contributed by atoms with E-state index >= 15 is 0 Å². The summed E-state index contributed by atoms with van der Waals surface area (Å²) in [7, 11) is 0. The van der Waals surface area contributed by atoms with Gasteiger partial charge >= 0.3 is 0 Å². The molecule has 5 heteroatoms. The summed E-state index contributed by atoms with van der Waals surface area (Å²) in [5.41, 5.74) is 3.01. The van der Waals surface area contributed by atoms with Crippen LogP contribution >= 0.6 is 27.5 Å². The fourth-order valence-corrected chi connectivity index (χ4v) is 2.76. The molecule has 0 bridgehead atoms. The Morgan fingerprint density at radius 1 is 1.30 bits per heavy atom. The Hall–Kier alpha value is -1.39. The first-order chi connectivity index (χ1) is 9.65. The monoisotopic (exact) mass is 349 g/mol. The minimum atomic E-state index is -0.148. The molecule has 2 aromatic heterocycles. The Balaban J connectivity index is 2.14. The summed E-state index contributed by atoms with van der Waals surface area (Å²) < 4.78 is 3.14. The van der Waals surface area contributed by atoms with E-state index in [0.717, 1.165) is 27.0 Å². The predicted octanol–water partition coefficient (Wildman–Crippen LogP) is 4.54. The molecule has 0 amide bonds. The van der Waals surface area contributed by atoms with Crippen LogP contribution in [-0.2, 0) is 6.54 Å². The highest BCUT2D eigenvalue weighted by Gasteiger charge is 2.15. The van der Waals surface area contributed by atoms with Gasteiger partial charge in [-0.1, -0.05) is 22.0 Å². The summed E-state index contributed by atoms with van der Waals surface area (Å²) in [4.78, 5) is 9.02. The van der Waals surface area contributed by atoms with Gasteiger partial charge in [0.05, 0.1) is 28.6 Å². The molecular formula is C15H13BrClN3. The average Bonchev–Trinajstić information content (AvgIpc) is 2.78. The zero-order valence-corrected chi connectivity index (χ0v) is 13.3. The number of hydrogen-bond acceptors (Lipinski definition) is 2. The number of hydrogen-bond donors (Lipinski definition) is 0. The molecule has 0 saturated heterocycles. The molecule has 0 aliphatic heterocycles. The second-order valence-electron chi connectivity index (χ2n) is 4.63. The first kappa shape index (κ1) is 13.6. The van der Waals surface area contributed by atoms with Crippen LogP contribution in [-0.4, -0.2) is 14.5 Å². The topological polar surface area (TPSA) is 30.7 Å². The molecule has 2 heterocycles. The van der Waals surface area contributed by atoms with E-state index in [9.17, 15) is 0 Å². The lowest BCUT2D eigenvalue weighted by Gasteiger charge is -2.10. The van der Waals surface area contributed by atoms with Gasteiger partial charge in [0.1, 0.15) is 5.82 Å². The Morgan fingerprint density at radius 2 is 2.15 bits per heavy atom. The Bertz CT molecular complexity index is 737. The van der Waals surface area contributed by atoms with Crippen LogP contribution in [0.1, 0.15) is 23.8 Å². The van der Waals surface area contributed by atoms with Crippen molar-refractivity contribution < 1.29 is 0 Å². The maximum atomic E-state index is 6.27. The number of benzene rings is 1. The van der Waals surface area contributed by atoms with Gasteiger partial charge < -0.3 is 4.57 Å². The zero-order chi connectivity index (χ0) is 14.1. The van der Waals surface area contributed by atoms with Crippen LogP contribution in [0.2, 0.25) is 0 Å². The van der Waals surface area contributed by atoms with Crippen molar-refractivity contribution in [2.75, 3.05) is 0 Å². The molecule has 1 aromatic carbocycles. The van der Waals surface area contributed by atoms with E-state index < -0.39 is 0 Å². The van der Waals surface area contributed by atoms with Crippen LogP contribution in [0, 0.1) is 0 Å². The molecule has 102 valence electrons. The van der Waals surface area contributed by atoms with Gasteiger partial charge in [-0.3, -0.25) is 4.98 Å². The maximum Gasteiger partial charge on any atom is 0.128 e. The molecule has 0 aliphatic carbocycles. The third kappa shape index (κ3) is 2.58. The van der Waals surface area contributed by atoms with Gasteiger partial charge in [0.15, 0.2) is 0 Å². The van der Waals surface area contributed by atoms with E-state index in [-0.39, 0.29) is 5.38 Å². The second-order valence-corrected chi connectivity index (χ2v) is 6.20. The van der Waals surface area contributed by atoms with Crippen molar-refractivity contribution in [3.05, 3.63) is 58.6 Å². The van der Waals surface area contributed by atoms with Gasteiger partial charge in [0, 0.05) is 10.7 Å². The maximum absolute atomic E-state index is 6.27. The van der Waals surface area contributed by atoms with Gasteiger partial charge in [-0.05, 0) is 37.3 Å². The quantitative estimate of drug-likeness (QED) is 0.649. The highest BCUT2D eigenvalue weighted by atomic mass is 79.9. The molecule has 0 fully saturated rings. The van der Waals surface area contributed by atoms with E-state index in [1.807, 2.05) is 37.3 Å².